The Morgan fingerprint density at radius 3 is 3.00 bits per heavy atom. The van der Waals surface area contributed by atoms with Crippen molar-refractivity contribution in [2.75, 3.05) is 13.1 Å². The molecule has 5 heteroatoms. The molecule has 0 saturated carbocycles. The molecule has 110 valence electrons. The third-order valence-electron chi connectivity index (χ3n) is 3.95. The first-order chi connectivity index (χ1) is 10.1. The van der Waals surface area contributed by atoms with E-state index in [0.29, 0.717) is 28.0 Å². The van der Waals surface area contributed by atoms with E-state index in [9.17, 15) is 9.90 Å². The highest BCUT2D eigenvalue weighted by Gasteiger charge is 2.26. The van der Waals surface area contributed by atoms with Gasteiger partial charge >= 0.3 is 5.97 Å². The Bertz CT molecular complexity index is 715. The summed E-state index contributed by atoms with van der Waals surface area (Å²) in [6.07, 6.45) is 1.84. The van der Waals surface area contributed by atoms with E-state index in [0.717, 1.165) is 37.2 Å². The average Bonchev–Trinajstić information content (AvgIpc) is 2.45. The molecule has 0 unspecified atom stereocenters. The van der Waals surface area contributed by atoms with Gasteiger partial charge in [-0.25, -0.2) is 4.79 Å². The number of carboxylic acids is 1. The van der Waals surface area contributed by atoms with E-state index >= 15 is 0 Å². The summed E-state index contributed by atoms with van der Waals surface area (Å²) < 4.78 is 0. The van der Waals surface area contributed by atoms with Crippen molar-refractivity contribution in [3.8, 4) is 0 Å². The van der Waals surface area contributed by atoms with Crippen LogP contribution in [0.15, 0.2) is 18.2 Å². The highest BCUT2D eigenvalue weighted by atomic mass is 35.5. The van der Waals surface area contributed by atoms with Crippen LogP contribution in [0.3, 0.4) is 0 Å². The van der Waals surface area contributed by atoms with Gasteiger partial charge in [-0.3, -0.25) is 9.88 Å². The van der Waals surface area contributed by atoms with E-state index in [-0.39, 0.29) is 0 Å². The largest absolute Gasteiger partial charge is 0.478 e. The molecule has 0 amide bonds. The van der Waals surface area contributed by atoms with Gasteiger partial charge in [0.1, 0.15) is 0 Å². The number of carbonyl (C=O) groups is 1. The number of aromatic carboxylic acids is 1. The van der Waals surface area contributed by atoms with Gasteiger partial charge in [0.2, 0.25) is 0 Å². The lowest BCUT2D eigenvalue weighted by Crippen LogP contribution is -2.33. The maximum atomic E-state index is 11.8. The summed E-state index contributed by atoms with van der Waals surface area (Å²) in [6.45, 7) is 4.67. The normalized spacial score (nSPS) is 15.1. The fourth-order valence-corrected chi connectivity index (χ4v) is 3.31. The molecule has 0 saturated heterocycles. The number of benzene rings is 1. The monoisotopic (exact) mass is 304 g/mol. The number of nitrogens with zero attached hydrogens (tertiary/aromatic N) is 2. The molecule has 0 spiro atoms. The molecule has 1 aliphatic heterocycles. The van der Waals surface area contributed by atoms with Gasteiger partial charge in [-0.15, -0.1) is 0 Å². The average molecular weight is 305 g/mol. The summed E-state index contributed by atoms with van der Waals surface area (Å²) in [4.78, 5) is 18.7. The summed E-state index contributed by atoms with van der Waals surface area (Å²) in [7, 11) is 0. The molecule has 1 aromatic heterocycles. The first kappa shape index (κ1) is 14.3. The van der Waals surface area contributed by atoms with Gasteiger partial charge < -0.3 is 5.11 Å². The van der Waals surface area contributed by atoms with Gasteiger partial charge in [0.05, 0.1) is 16.1 Å². The smallest absolute Gasteiger partial charge is 0.336 e. The van der Waals surface area contributed by atoms with Crippen LogP contribution in [-0.4, -0.2) is 34.0 Å². The minimum atomic E-state index is -0.926. The van der Waals surface area contributed by atoms with Crippen molar-refractivity contribution in [1.82, 2.24) is 9.88 Å². The second-order valence-corrected chi connectivity index (χ2v) is 5.78. The van der Waals surface area contributed by atoms with E-state index in [1.165, 1.54) is 0 Å². The van der Waals surface area contributed by atoms with Crippen LogP contribution in [0.2, 0.25) is 5.02 Å². The Kier molecular flexibility index (Phi) is 3.83. The van der Waals surface area contributed by atoms with E-state index in [1.807, 2.05) is 12.1 Å². The van der Waals surface area contributed by atoms with Crippen LogP contribution in [0.4, 0.5) is 0 Å². The molecule has 2 aromatic rings. The number of pyridine rings is 1. The van der Waals surface area contributed by atoms with Gasteiger partial charge in [0, 0.05) is 36.2 Å². The molecule has 2 heterocycles. The summed E-state index contributed by atoms with van der Waals surface area (Å²) >= 11 is 6.23. The van der Waals surface area contributed by atoms with Crippen molar-refractivity contribution in [3.05, 3.63) is 40.0 Å². The number of carboxylic acid groups (broad SMARTS) is 1. The number of fused-ring (bicyclic) bond motifs is 2. The van der Waals surface area contributed by atoms with Crippen molar-refractivity contribution < 1.29 is 9.90 Å². The molecule has 0 radical (unpaired) electrons. The number of aromatic nitrogens is 1. The van der Waals surface area contributed by atoms with Crippen molar-refractivity contribution in [2.24, 2.45) is 0 Å². The minimum Gasteiger partial charge on any atom is -0.478 e. The van der Waals surface area contributed by atoms with Gasteiger partial charge in [-0.1, -0.05) is 24.6 Å². The van der Waals surface area contributed by atoms with Gasteiger partial charge in [-0.2, -0.15) is 0 Å². The Morgan fingerprint density at radius 2 is 2.29 bits per heavy atom. The molecule has 0 atom stereocenters. The third-order valence-corrected chi connectivity index (χ3v) is 4.26. The fourth-order valence-electron chi connectivity index (χ4n) is 3.05. The summed E-state index contributed by atoms with van der Waals surface area (Å²) in [6, 6.07) is 5.35. The zero-order valence-corrected chi connectivity index (χ0v) is 12.7. The van der Waals surface area contributed by atoms with E-state index in [2.05, 4.69) is 16.8 Å². The number of rotatable bonds is 3. The summed E-state index contributed by atoms with van der Waals surface area (Å²) in [5, 5.41) is 10.7. The lowest BCUT2D eigenvalue weighted by Gasteiger charge is -2.29. The summed E-state index contributed by atoms with van der Waals surface area (Å²) in [5.74, 6) is -0.926. The first-order valence-corrected chi connectivity index (χ1v) is 7.55. The Balaban J connectivity index is 2.24. The molecular formula is C16H17ClN2O2. The Morgan fingerprint density at radius 1 is 1.48 bits per heavy atom. The lowest BCUT2D eigenvalue weighted by molar-refractivity contribution is 0.0695. The molecule has 4 nitrogen and oxygen atoms in total. The van der Waals surface area contributed by atoms with Crippen molar-refractivity contribution in [1.29, 1.82) is 0 Å². The zero-order chi connectivity index (χ0) is 15.0. The molecule has 1 aromatic carbocycles. The predicted octanol–water partition coefficient (Wildman–Crippen LogP) is 3.35. The van der Waals surface area contributed by atoms with E-state index in [4.69, 9.17) is 11.6 Å². The van der Waals surface area contributed by atoms with Gasteiger partial charge in [-0.05, 0) is 25.1 Å². The van der Waals surface area contributed by atoms with Crippen molar-refractivity contribution in [3.63, 3.8) is 0 Å². The fraction of sp³-hybridized carbons (Fsp3) is 0.375. The quantitative estimate of drug-likeness (QED) is 0.945. The SMILES string of the molecule is CCCN1CCc2nc3cccc(Cl)c3c(C(=O)O)c2C1. The van der Waals surface area contributed by atoms with Crippen LogP contribution in [0.25, 0.3) is 10.9 Å². The molecule has 0 fully saturated rings. The second-order valence-electron chi connectivity index (χ2n) is 5.38. The van der Waals surface area contributed by atoms with Crippen LogP contribution in [0.5, 0.6) is 0 Å². The number of hydrogen-bond donors (Lipinski definition) is 1. The van der Waals surface area contributed by atoms with Crippen LogP contribution in [-0.2, 0) is 13.0 Å². The third kappa shape index (κ3) is 2.49. The van der Waals surface area contributed by atoms with Crippen LogP contribution in [0, 0.1) is 0 Å². The second kappa shape index (κ2) is 5.62. The highest BCUT2D eigenvalue weighted by Crippen LogP contribution is 2.32. The minimum absolute atomic E-state index is 0.321. The summed E-state index contributed by atoms with van der Waals surface area (Å²) in [5.41, 5.74) is 2.71. The Labute approximate surface area is 128 Å². The molecule has 21 heavy (non-hydrogen) atoms. The topological polar surface area (TPSA) is 53.4 Å². The maximum Gasteiger partial charge on any atom is 0.336 e. The van der Waals surface area contributed by atoms with Crippen LogP contribution >= 0.6 is 11.6 Å². The molecular weight excluding hydrogens is 288 g/mol. The standard InChI is InChI=1S/C16H17ClN2O2/c1-2-7-19-8-6-12-10(9-19)14(16(20)21)15-11(17)4-3-5-13(15)18-12/h3-5H,2,6-9H2,1H3,(H,20,21). The molecule has 0 bridgehead atoms. The number of halogens is 1. The van der Waals surface area contributed by atoms with Crippen LogP contribution < -0.4 is 0 Å². The molecule has 1 N–H and O–H groups in total. The molecule has 3 rings (SSSR count). The first-order valence-electron chi connectivity index (χ1n) is 7.17. The van der Waals surface area contributed by atoms with E-state index in [1.54, 1.807) is 6.07 Å². The van der Waals surface area contributed by atoms with Crippen LogP contribution in [0.1, 0.15) is 35.0 Å². The van der Waals surface area contributed by atoms with Crippen molar-refractivity contribution >= 4 is 28.5 Å². The Hall–Kier alpha value is -1.65. The van der Waals surface area contributed by atoms with Gasteiger partial charge in [0.15, 0.2) is 0 Å². The van der Waals surface area contributed by atoms with Crippen molar-refractivity contribution in [2.45, 2.75) is 26.3 Å². The van der Waals surface area contributed by atoms with E-state index < -0.39 is 5.97 Å². The predicted molar refractivity (Wildman–Crippen MR) is 83.0 cm³/mol. The maximum absolute atomic E-state index is 11.8. The lowest BCUT2D eigenvalue weighted by atomic mass is 9.95. The molecule has 1 aliphatic rings. The number of hydrogen-bond acceptors (Lipinski definition) is 3. The zero-order valence-electron chi connectivity index (χ0n) is 11.9. The highest BCUT2D eigenvalue weighted by molar-refractivity contribution is 6.36. The van der Waals surface area contributed by atoms with Gasteiger partial charge in [0.25, 0.3) is 0 Å². The molecule has 0 aliphatic carbocycles.